The van der Waals surface area contributed by atoms with Gasteiger partial charge in [-0.1, -0.05) is 47.1 Å². The molecule has 1 heterocycles. The van der Waals surface area contributed by atoms with Crippen molar-refractivity contribution in [2.75, 3.05) is 18.5 Å². The summed E-state index contributed by atoms with van der Waals surface area (Å²) in [5.41, 5.74) is 2.98. The number of rotatable bonds is 5. The molecule has 124 valence electrons. The molecule has 0 bridgehead atoms. The van der Waals surface area contributed by atoms with Crippen LogP contribution in [0.25, 0.3) is 11.1 Å². The lowest BCUT2D eigenvalue weighted by atomic mass is 9.97. The third-order valence-electron chi connectivity index (χ3n) is 3.95. The first-order valence-electron chi connectivity index (χ1n) is 7.81. The highest BCUT2D eigenvalue weighted by atomic mass is 79.9. The lowest BCUT2D eigenvalue weighted by Gasteiger charge is -2.23. The van der Waals surface area contributed by atoms with Gasteiger partial charge in [0, 0.05) is 17.5 Å². The van der Waals surface area contributed by atoms with E-state index >= 15 is 0 Å². The van der Waals surface area contributed by atoms with Crippen LogP contribution in [0.2, 0.25) is 0 Å². The van der Waals surface area contributed by atoms with Crippen LogP contribution in [-0.4, -0.2) is 30.1 Å². The number of ketones is 2. The molecule has 0 aromatic heterocycles. The molecule has 0 amide bonds. The number of alkyl halides is 1. The Morgan fingerprint density at radius 2 is 1.62 bits per heavy atom. The number of Topliss-reactive ketones (excluding diaryl/α,β-unsaturated/α-hetero) is 2. The summed E-state index contributed by atoms with van der Waals surface area (Å²) in [6.45, 7) is 2.70. The number of carbonyl (C=O) groups is 2. The fourth-order valence-corrected chi connectivity index (χ4v) is 3.01. The van der Waals surface area contributed by atoms with Gasteiger partial charge in [0.1, 0.15) is 13.2 Å². The van der Waals surface area contributed by atoms with Crippen molar-refractivity contribution in [1.29, 1.82) is 0 Å². The molecule has 0 N–H and O–H groups in total. The van der Waals surface area contributed by atoms with Crippen molar-refractivity contribution in [3.63, 3.8) is 0 Å². The normalized spacial score (nSPS) is 12.8. The van der Waals surface area contributed by atoms with Crippen molar-refractivity contribution in [1.82, 2.24) is 0 Å². The SMILES string of the molecule is CCC(=O)c1ccc(-c2ccc(C(=O)CBr)cc2)c2c1OCCO2. The zero-order valence-electron chi connectivity index (χ0n) is 13.3. The molecule has 0 saturated carbocycles. The van der Waals surface area contributed by atoms with Gasteiger partial charge in [-0.2, -0.15) is 0 Å². The predicted octanol–water partition coefficient (Wildman–Crippen LogP) is 4.30. The highest BCUT2D eigenvalue weighted by Gasteiger charge is 2.23. The first-order valence-corrected chi connectivity index (χ1v) is 8.93. The van der Waals surface area contributed by atoms with Crippen LogP contribution in [0.4, 0.5) is 0 Å². The Balaban J connectivity index is 2.05. The molecule has 2 aromatic carbocycles. The van der Waals surface area contributed by atoms with Crippen LogP contribution in [0, 0.1) is 0 Å². The maximum atomic E-state index is 12.1. The quantitative estimate of drug-likeness (QED) is 0.566. The summed E-state index contributed by atoms with van der Waals surface area (Å²) in [4.78, 5) is 23.8. The molecular weight excluding hydrogens is 372 g/mol. The van der Waals surface area contributed by atoms with Crippen molar-refractivity contribution < 1.29 is 19.1 Å². The number of ether oxygens (including phenoxy) is 2. The van der Waals surface area contributed by atoms with Gasteiger partial charge < -0.3 is 9.47 Å². The van der Waals surface area contributed by atoms with Crippen molar-refractivity contribution >= 4 is 27.5 Å². The number of halogens is 1. The lowest BCUT2D eigenvalue weighted by molar-refractivity contribution is 0.0975. The van der Waals surface area contributed by atoms with Crippen molar-refractivity contribution in [3.8, 4) is 22.6 Å². The largest absolute Gasteiger partial charge is 0.485 e. The van der Waals surface area contributed by atoms with E-state index < -0.39 is 0 Å². The standard InChI is InChI=1S/C19H17BrO4/c1-2-16(21)15-8-7-14(18-19(15)24-10-9-23-18)12-3-5-13(6-4-12)17(22)11-20/h3-8H,2,9-11H2,1H3. The van der Waals surface area contributed by atoms with Crippen LogP contribution in [-0.2, 0) is 0 Å². The molecule has 1 aliphatic heterocycles. The fourth-order valence-electron chi connectivity index (χ4n) is 2.69. The fraction of sp³-hybridized carbons (Fsp3) is 0.263. The van der Waals surface area contributed by atoms with E-state index in [1.54, 1.807) is 18.2 Å². The van der Waals surface area contributed by atoms with Crippen LogP contribution in [0.3, 0.4) is 0 Å². The van der Waals surface area contributed by atoms with Crippen molar-refractivity contribution in [3.05, 3.63) is 47.5 Å². The number of hydrogen-bond acceptors (Lipinski definition) is 4. The molecule has 0 atom stereocenters. The molecule has 24 heavy (non-hydrogen) atoms. The Labute approximate surface area is 148 Å². The van der Waals surface area contributed by atoms with Crippen molar-refractivity contribution in [2.45, 2.75) is 13.3 Å². The van der Waals surface area contributed by atoms with Crippen LogP contribution < -0.4 is 9.47 Å². The minimum Gasteiger partial charge on any atom is -0.485 e. The van der Waals surface area contributed by atoms with Gasteiger partial charge in [-0.15, -0.1) is 0 Å². The summed E-state index contributed by atoms with van der Waals surface area (Å²) in [7, 11) is 0. The molecule has 0 unspecified atom stereocenters. The van der Waals surface area contributed by atoms with Crippen LogP contribution in [0.5, 0.6) is 11.5 Å². The van der Waals surface area contributed by atoms with Gasteiger partial charge in [0.25, 0.3) is 0 Å². The third-order valence-corrected chi connectivity index (χ3v) is 4.46. The summed E-state index contributed by atoms with van der Waals surface area (Å²) in [5, 5.41) is 0.298. The topological polar surface area (TPSA) is 52.6 Å². The van der Waals surface area contributed by atoms with Gasteiger partial charge in [0.15, 0.2) is 23.1 Å². The summed E-state index contributed by atoms with van der Waals surface area (Å²) in [5.74, 6) is 1.18. The monoisotopic (exact) mass is 388 g/mol. The molecule has 3 rings (SSSR count). The van der Waals surface area contributed by atoms with Crippen LogP contribution >= 0.6 is 15.9 Å². The highest BCUT2D eigenvalue weighted by molar-refractivity contribution is 9.09. The summed E-state index contributed by atoms with van der Waals surface area (Å²) in [6, 6.07) is 11.0. The second-order valence-electron chi connectivity index (χ2n) is 5.43. The van der Waals surface area contributed by atoms with E-state index in [0.717, 1.165) is 11.1 Å². The van der Waals surface area contributed by atoms with Gasteiger partial charge in [-0.05, 0) is 17.7 Å². The van der Waals surface area contributed by atoms with E-state index in [2.05, 4.69) is 15.9 Å². The molecule has 5 heteroatoms. The Hall–Kier alpha value is -2.14. The first kappa shape index (κ1) is 16.7. The lowest BCUT2D eigenvalue weighted by Crippen LogP contribution is -2.18. The molecule has 0 fully saturated rings. The predicted molar refractivity (Wildman–Crippen MR) is 95.6 cm³/mol. The zero-order chi connectivity index (χ0) is 17.1. The maximum absolute atomic E-state index is 12.1. The molecule has 1 aliphatic rings. The van der Waals surface area contributed by atoms with E-state index in [0.29, 0.717) is 47.6 Å². The molecule has 0 aliphatic carbocycles. The summed E-state index contributed by atoms with van der Waals surface area (Å²) >= 11 is 3.17. The number of benzene rings is 2. The summed E-state index contributed by atoms with van der Waals surface area (Å²) in [6.07, 6.45) is 0.415. The Morgan fingerprint density at radius 1 is 0.958 bits per heavy atom. The molecule has 4 nitrogen and oxygen atoms in total. The smallest absolute Gasteiger partial charge is 0.173 e. The van der Waals surface area contributed by atoms with E-state index in [-0.39, 0.29) is 11.6 Å². The maximum Gasteiger partial charge on any atom is 0.173 e. The van der Waals surface area contributed by atoms with E-state index in [4.69, 9.17) is 9.47 Å². The highest BCUT2D eigenvalue weighted by Crippen LogP contribution is 2.42. The summed E-state index contributed by atoms with van der Waals surface area (Å²) < 4.78 is 11.5. The minimum atomic E-state index is 0.0292. The molecule has 2 aromatic rings. The average molecular weight is 389 g/mol. The van der Waals surface area contributed by atoms with Gasteiger partial charge in [-0.3, -0.25) is 9.59 Å². The molecule has 0 spiro atoms. The number of fused-ring (bicyclic) bond motifs is 1. The van der Waals surface area contributed by atoms with Crippen LogP contribution in [0.15, 0.2) is 36.4 Å². The van der Waals surface area contributed by atoms with Gasteiger partial charge in [0.2, 0.25) is 0 Å². The first-order chi connectivity index (χ1) is 11.7. The van der Waals surface area contributed by atoms with E-state index in [1.165, 1.54) is 0 Å². The van der Waals surface area contributed by atoms with Crippen LogP contribution in [0.1, 0.15) is 34.1 Å². The number of hydrogen-bond donors (Lipinski definition) is 0. The number of carbonyl (C=O) groups excluding carboxylic acids is 2. The second-order valence-corrected chi connectivity index (χ2v) is 5.99. The Bertz CT molecular complexity index is 781. The Kier molecular flexibility index (Phi) is 5.00. The van der Waals surface area contributed by atoms with Gasteiger partial charge in [-0.25, -0.2) is 0 Å². The minimum absolute atomic E-state index is 0.0292. The van der Waals surface area contributed by atoms with E-state index in [9.17, 15) is 9.59 Å². The zero-order valence-corrected chi connectivity index (χ0v) is 14.9. The Morgan fingerprint density at radius 3 is 2.25 bits per heavy atom. The molecular formula is C19H17BrO4. The van der Waals surface area contributed by atoms with Gasteiger partial charge >= 0.3 is 0 Å². The third kappa shape index (κ3) is 3.08. The van der Waals surface area contributed by atoms with E-state index in [1.807, 2.05) is 25.1 Å². The van der Waals surface area contributed by atoms with Crippen molar-refractivity contribution in [2.24, 2.45) is 0 Å². The second kappa shape index (κ2) is 7.18. The van der Waals surface area contributed by atoms with Gasteiger partial charge in [0.05, 0.1) is 10.9 Å². The molecule has 0 saturated heterocycles. The molecule has 0 radical (unpaired) electrons. The average Bonchev–Trinajstić information content (AvgIpc) is 2.66.